The van der Waals surface area contributed by atoms with Crippen LogP contribution < -0.4 is 4.74 Å². The molecule has 0 spiro atoms. The van der Waals surface area contributed by atoms with Crippen molar-refractivity contribution in [2.45, 2.75) is 18.6 Å². The van der Waals surface area contributed by atoms with E-state index in [1.807, 2.05) is 30.3 Å². The average molecular weight is 357 g/mol. The Labute approximate surface area is 149 Å². The largest absolute Gasteiger partial charge is 0.487 e. The van der Waals surface area contributed by atoms with E-state index < -0.39 is 17.7 Å². The first kappa shape index (κ1) is 16.5. The molecule has 7 heteroatoms. The first-order valence-corrected chi connectivity index (χ1v) is 8.38. The number of halogens is 2. The molecule has 0 N–H and O–H groups in total. The monoisotopic (exact) mass is 357 g/mol. The predicted molar refractivity (Wildman–Crippen MR) is 91.9 cm³/mol. The van der Waals surface area contributed by atoms with Gasteiger partial charge in [-0.15, -0.1) is 0 Å². The lowest BCUT2D eigenvalue weighted by molar-refractivity contribution is 0.0277. The number of benzene rings is 2. The molecule has 0 aromatic heterocycles. The molecule has 0 bridgehead atoms. The molecule has 134 valence electrons. The Kier molecular flexibility index (Phi) is 4.28. The van der Waals surface area contributed by atoms with E-state index in [0.717, 1.165) is 11.8 Å². The lowest BCUT2D eigenvalue weighted by Gasteiger charge is -2.41. The summed E-state index contributed by atoms with van der Waals surface area (Å²) in [6.07, 6.45) is 1.94. The first-order chi connectivity index (χ1) is 12.6. The number of urea groups is 1. The molecule has 26 heavy (non-hydrogen) atoms. The van der Waals surface area contributed by atoms with E-state index in [-0.39, 0.29) is 12.1 Å². The van der Waals surface area contributed by atoms with Crippen LogP contribution in [0.25, 0.3) is 0 Å². The number of carbonyl (C=O) groups is 1. The van der Waals surface area contributed by atoms with Crippen LogP contribution in [0.5, 0.6) is 5.75 Å². The summed E-state index contributed by atoms with van der Waals surface area (Å²) in [4.78, 5) is 14.3. The van der Waals surface area contributed by atoms with E-state index in [9.17, 15) is 13.6 Å². The van der Waals surface area contributed by atoms with Crippen LogP contribution in [0.15, 0.2) is 53.6 Å². The second kappa shape index (κ2) is 6.74. The van der Waals surface area contributed by atoms with Crippen molar-refractivity contribution in [2.75, 3.05) is 13.1 Å². The molecule has 5 nitrogen and oxygen atoms in total. The Hall–Kier alpha value is -2.96. The predicted octanol–water partition coefficient (Wildman–Crippen LogP) is 3.58. The van der Waals surface area contributed by atoms with Crippen LogP contribution in [0, 0.1) is 11.6 Å². The molecule has 2 aliphatic heterocycles. The Balaban J connectivity index is 1.39. The van der Waals surface area contributed by atoms with E-state index in [0.29, 0.717) is 25.1 Å². The normalized spacial score (nSPS) is 19.5. The van der Waals surface area contributed by atoms with Crippen molar-refractivity contribution >= 4 is 12.2 Å². The highest BCUT2D eigenvalue weighted by Gasteiger charge is 2.39. The number of likely N-dealkylation sites (tertiary alicyclic amines) is 1. The van der Waals surface area contributed by atoms with E-state index in [4.69, 9.17) is 4.74 Å². The number of nitrogens with zero attached hydrogens (tertiary/aromatic N) is 3. The Bertz CT molecular complexity index is 818. The second-order valence-corrected chi connectivity index (χ2v) is 6.34. The molecule has 2 heterocycles. The molecular formula is C19H17F2N3O2. The van der Waals surface area contributed by atoms with E-state index in [2.05, 4.69) is 5.10 Å². The highest BCUT2D eigenvalue weighted by atomic mass is 19.1. The molecular weight excluding hydrogens is 340 g/mol. The number of rotatable bonds is 3. The highest BCUT2D eigenvalue weighted by molar-refractivity contribution is 5.79. The molecule has 1 fully saturated rings. The first-order valence-electron chi connectivity index (χ1n) is 8.38. The van der Waals surface area contributed by atoms with Crippen LogP contribution in [-0.2, 0) is 0 Å². The van der Waals surface area contributed by atoms with Crippen molar-refractivity contribution in [3.05, 3.63) is 65.7 Å². The van der Waals surface area contributed by atoms with Gasteiger partial charge in [-0.3, -0.25) is 0 Å². The fraction of sp³-hybridized carbons (Fsp3) is 0.263. The quantitative estimate of drug-likeness (QED) is 0.843. The summed E-state index contributed by atoms with van der Waals surface area (Å²) in [5, 5.41) is 5.38. The summed E-state index contributed by atoms with van der Waals surface area (Å²) in [7, 11) is 0. The second-order valence-electron chi connectivity index (χ2n) is 6.34. The van der Waals surface area contributed by atoms with Crippen LogP contribution in [0.2, 0.25) is 0 Å². The van der Waals surface area contributed by atoms with Gasteiger partial charge >= 0.3 is 6.03 Å². The molecule has 0 aliphatic carbocycles. The summed E-state index contributed by atoms with van der Waals surface area (Å²) >= 11 is 0. The van der Waals surface area contributed by atoms with Crippen molar-refractivity contribution in [1.29, 1.82) is 0 Å². The summed E-state index contributed by atoms with van der Waals surface area (Å²) in [6, 6.07) is 11.9. The van der Waals surface area contributed by atoms with Gasteiger partial charge in [0, 0.05) is 18.7 Å². The average Bonchev–Trinajstić information content (AvgIpc) is 3.07. The zero-order valence-corrected chi connectivity index (χ0v) is 13.9. The molecule has 0 saturated carbocycles. The van der Waals surface area contributed by atoms with Gasteiger partial charge in [0.15, 0.2) is 0 Å². The van der Waals surface area contributed by atoms with Crippen LogP contribution in [-0.4, -0.2) is 41.3 Å². The van der Waals surface area contributed by atoms with E-state index >= 15 is 0 Å². The number of ether oxygens (including phenoxy) is 1. The zero-order valence-electron chi connectivity index (χ0n) is 13.9. The molecule has 2 aliphatic rings. The Morgan fingerprint density at radius 3 is 2.46 bits per heavy atom. The van der Waals surface area contributed by atoms with Gasteiger partial charge in [-0.2, -0.15) is 5.10 Å². The molecule has 0 radical (unpaired) electrons. The van der Waals surface area contributed by atoms with Crippen molar-refractivity contribution < 1.29 is 18.3 Å². The smallest absolute Gasteiger partial charge is 0.341 e. The lowest BCUT2D eigenvalue weighted by Crippen LogP contribution is -2.58. The summed E-state index contributed by atoms with van der Waals surface area (Å²) in [5.41, 5.74) is 0.394. The van der Waals surface area contributed by atoms with Crippen molar-refractivity contribution in [1.82, 2.24) is 9.91 Å². The minimum atomic E-state index is -0.667. The van der Waals surface area contributed by atoms with Crippen LogP contribution in [0.4, 0.5) is 13.6 Å². The third-order valence-corrected chi connectivity index (χ3v) is 4.46. The van der Waals surface area contributed by atoms with Crippen LogP contribution in [0.1, 0.15) is 18.0 Å². The van der Waals surface area contributed by atoms with Crippen molar-refractivity contribution in [3.8, 4) is 5.75 Å². The molecule has 4 rings (SSSR count). The number of carbonyl (C=O) groups excluding carboxylic acids is 1. The zero-order chi connectivity index (χ0) is 18.1. The fourth-order valence-corrected chi connectivity index (χ4v) is 3.15. The number of hydrogen-bond acceptors (Lipinski definition) is 3. The summed E-state index contributed by atoms with van der Waals surface area (Å²) in [5.74, 6) is -0.573. The van der Waals surface area contributed by atoms with Crippen LogP contribution >= 0.6 is 0 Å². The third kappa shape index (κ3) is 3.24. The highest BCUT2D eigenvalue weighted by Crippen LogP contribution is 2.31. The maximum atomic E-state index is 13.5. The van der Waals surface area contributed by atoms with E-state index in [1.165, 1.54) is 17.1 Å². The van der Waals surface area contributed by atoms with Gasteiger partial charge in [0.05, 0.1) is 19.1 Å². The molecule has 1 saturated heterocycles. The molecule has 1 unspecified atom stereocenters. The standard InChI is InChI=1S/C19H17F2N3O2/c20-14-8-13(9-15(21)10-14)18-6-7-22-24(18)19(25)23-11-17(12-23)26-16-4-2-1-3-5-16/h1-5,7-10,17-18H,6,11-12H2. The number of para-hydroxylation sites is 1. The summed E-state index contributed by atoms with van der Waals surface area (Å²) < 4.78 is 32.8. The van der Waals surface area contributed by atoms with Gasteiger partial charge in [-0.05, 0) is 29.8 Å². The van der Waals surface area contributed by atoms with Gasteiger partial charge in [-0.25, -0.2) is 18.6 Å². The maximum absolute atomic E-state index is 13.5. The van der Waals surface area contributed by atoms with E-state index in [1.54, 1.807) is 11.1 Å². The molecule has 1 atom stereocenters. The van der Waals surface area contributed by atoms with Gasteiger partial charge < -0.3 is 9.64 Å². The van der Waals surface area contributed by atoms with Gasteiger partial charge in [0.2, 0.25) is 0 Å². The molecule has 2 amide bonds. The number of hydrogen-bond donors (Lipinski definition) is 0. The Morgan fingerprint density at radius 2 is 1.77 bits per heavy atom. The van der Waals surface area contributed by atoms with Gasteiger partial charge in [0.1, 0.15) is 23.5 Å². The van der Waals surface area contributed by atoms with Crippen LogP contribution in [0.3, 0.4) is 0 Å². The third-order valence-electron chi connectivity index (χ3n) is 4.46. The van der Waals surface area contributed by atoms with Gasteiger partial charge in [0.25, 0.3) is 0 Å². The number of hydrazone groups is 1. The fourth-order valence-electron chi connectivity index (χ4n) is 3.15. The topological polar surface area (TPSA) is 45.1 Å². The Morgan fingerprint density at radius 1 is 1.08 bits per heavy atom. The van der Waals surface area contributed by atoms with Gasteiger partial charge in [-0.1, -0.05) is 18.2 Å². The molecule has 2 aromatic rings. The van der Waals surface area contributed by atoms with Crippen molar-refractivity contribution in [3.63, 3.8) is 0 Å². The minimum absolute atomic E-state index is 0.0713. The minimum Gasteiger partial charge on any atom is -0.487 e. The lowest BCUT2D eigenvalue weighted by atomic mass is 10.0. The summed E-state index contributed by atoms with van der Waals surface area (Å²) in [6.45, 7) is 0.897. The molecule has 2 aromatic carbocycles. The van der Waals surface area contributed by atoms with Crippen molar-refractivity contribution in [2.24, 2.45) is 5.10 Å². The maximum Gasteiger partial charge on any atom is 0.341 e. The number of amides is 2. The SMILES string of the molecule is O=C(N1CC(Oc2ccccc2)C1)N1N=CCC1c1cc(F)cc(F)c1.